The van der Waals surface area contributed by atoms with Gasteiger partial charge in [0.25, 0.3) is 0 Å². The van der Waals surface area contributed by atoms with Crippen LogP contribution in [-0.4, -0.2) is 42.4 Å². The molecule has 0 radical (unpaired) electrons. The molecule has 0 aliphatic heterocycles. The summed E-state index contributed by atoms with van der Waals surface area (Å²) in [6, 6.07) is 5.82. The smallest absolute Gasteiger partial charge is 0.226 e. The third kappa shape index (κ3) is 4.53. The summed E-state index contributed by atoms with van der Waals surface area (Å²) in [5.41, 5.74) is 1.69. The van der Waals surface area contributed by atoms with Gasteiger partial charge in [-0.1, -0.05) is 0 Å². The zero-order chi connectivity index (χ0) is 18.5. The summed E-state index contributed by atoms with van der Waals surface area (Å²) < 4.78 is 10.6. The van der Waals surface area contributed by atoms with Crippen LogP contribution in [0, 0.1) is 0 Å². The number of hydrogen-bond acceptors (Lipinski definition) is 6. The van der Waals surface area contributed by atoms with Gasteiger partial charge in [0, 0.05) is 17.0 Å². The van der Waals surface area contributed by atoms with Gasteiger partial charge in [-0.15, -0.1) is 11.3 Å². The van der Waals surface area contributed by atoms with Gasteiger partial charge in [-0.2, -0.15) is 0 Å². The maximum Gasteiger partial charge on any atom is 0.226 e. The van der Waals surface area contributed by atoms with Crippen LogP contribution in [0.25, 0.3) is 10.6 Å². The van der Waals surface area contributed by atoms with E-state index in [9.17, 15) is 9.90 Å². The number of aliphatic hydroxyl groups excluding tert-OH is 1. The van der Waals surface area contributed by atoms with Crippen molar-refractivity contribution in [3.05, 3.63) is 29.3 Å². The van der Waals surface area contributed by atoms with Crippen molar-refractivity contribution >= 4 is 17.2 Å². The lowest BCUT2D eigenvalue weighted by Gasteiger charge is -2.26. The molecule has 1 aliphatic carbocycles. The van der Waals surface area contributed by atoms with Crippen molar-refractivity contribution in [3.63, 3.8) is 0 Å². The Bertz CT molecular complexity index is 754. The molecule has 0 bridgehead atoms. The molecule has 6 nitrogen and oxygen atoms in total. The highest BCUT2D eigenvalue weighted by Gasteiger charge is 2.21. The van der Waals surface area contributed by atoms with Gasteiger partial charge in [0.05, 0.1) is 32.4 Å². The molecule has 1 aliphatic rings. The van der Waals surface area contributed by atoms with Gasteiger partial charge >= 0.3 is 0 Å². The molecule has 0 atom stereocenters. The largest absolute Gasteiger partial charge is 0.493 e. The second-order valence-electron chi connectivity index (χ2n) is 6.46. The van der Waals surface area contributed by atoms with Crippen molar-refractivity contribution in [1.29, 1.82) is 0 Å². The number of nitrogens with one attached hydrogen (secondary N) is 1. The summed E-state index contributed by atoms with van der Waals surface area (Å²) in [7, 11) is 3.20. The SMILES string of the molecule is COc1ccc(-c2nc(CC(=O)NC3CCC(O)CC3)cs2)cc1OC. The molecule has 7 heteroatoms. The number of amides is 1. The van der Waals surface area contributed by atoms with Crippen molar-refractivity contribution in [2.75, 3.05) is 14.2 Å². The van der Waals surface area contributed by atoms with Crippen LogP contribution in [0.5, 0.6) is 11.5 Å². The number of methoxy groups -OCH3 is 2. The molecule has 1 heterocycles. The molecular formula is C19H24N2O4S. The van der Waals surface area contributed by atoms with E-state index in [1.54, 1.807) is 14.2 Å². The lowest BCUT2D eigenvalue weighted by molar-refractivity contribution is -0.121. The van der Waals surface area contributed by atoms with Crippen LogP contribution in [0.3, 0.4) is 0 Å². The molecule has 0 saturated heterocycles. The predicted octanol–water partition coefficient (Wildman–Crippen LogP) is 2.79. The Balaban J connectivity index is 1.62. The van der Waals surface area contributed by atoms with E-state index < -0.39 is 0 Å². The van der Waals surface area contributed by atoms with Crippen LogP contribution in [0.4, 0.5) is 0 Å². The van der Waals surface area contributed by atoms with Crippen LogP contribution in [0.2, 0.25) is 0 Å². The van der Waals surface area contributed by atoms with Crippen molar-refractivity contribution < 1.29 is 19.4 Å². The Hall–Kier alpha value is -2.12. The molecule has 3 rings (SSSR count). The molecule has 1 aromatic heterocycles. The standard InChI is InChI=1S/C19H24N2O4S/c1-24-16-8-3-12(9-17(16)25-2)19-21-14(11-26-19)10-18(23)20-13-4-6-15(22)7-5-13/h3,8-9,11,13,15,22H,4-7,10H2,1-2H3,(H,20,23). The van der Waals surface area contributed by atoms with Gasteiger partial charge in [-0.25, -0.2) is 4.98 Å². The van der Waals surface area contributed by atoms with Gasteiger partial charge in [0.1, 0.15) is 5.01 Å². The number of hydrogen-bond donors (Lipinski definition) is 2. The van der Waals surface area contributed by atoms with E-state index in [0.29, 0.717) is 11.5 Å². The Morgan fingerprint density at radius 2 is 1.96 bits per heavy atom. The molecule has 1 fully saturated rings. The summed E-state index contributed by atoms with van der Waals surface area (Å²) in [4.78, 5) is 16.8. The number of ether oxygens (including phenoxy) is 2. The molecule has 2 N–H and O–H groups in total. The van der Waals surface area contributed by atoms with E-state index in [-0.39, 0.29) is 24.5 Å². The average molecular weight is 376 g/mol. The number of carbonyl (C=O) groups excluding carboxylic acids is 1. The summed E-state index contributed by atoms with van der Waals surface area (Å²) in [5.74, 6) is 1.31. The van der Waals surface area contributed by atoms with Crippen molar-refractivity contribution in [2.24, 2.45) is 0 Å². The van der Waals surface area contributed by atoms with E-state index in [0.717, 1.165) is 41.9 Å². The third-order valence-corrected chi connectivity index (χ3v) is 5.53. The second-order valence-corrected chi connectivity index (χ2v) is 7.32. The zero-order valence-electron chi connectivity index (χ0n) is 15.0. The van der Waals surface area contributed by atoms with Crippen LogP contribution in [0.15, 0.2) is 23.6 Å². The fraction of sp³-hybridized carbons (Fsp3) is 0.474. The fourth-order valence-electron chi connectivity index (χ4n) is 3.15. The third-order valence-electron chi connectivity index (χ3n) is 4.59. The topological polar surface area (TPSA) is 80.7 Å². The predicted molar refractivity (Wildman–Crippen MR) is 101 cm³/mol. The number of benzene rings is 1. The molecular weight excluding hydrogens is 352 g/mol. The normalized spacial score (nSPS) is 19.8. The molecule has 2 aromatic rings. The minimum absolute atomic E-state index is 0.0180. The van der Waals surface area contributed by atoms with Gasteiger partial charge in [0.2, 0.25) is 5.91 Å². The number of aromatic nitrogens is 1. The summed E-state index contributed by atoms with van der Waals surface area (Å²) in [5, 5.41) is 15.3. The second kappa shape index (κ2) is 8.51. The number of rotatable bonds is 6. The van der Waals surface area contributed by atoms with Crippen molar-refractivity contribution in [3.8, 4) is 22.1 Å². The number of aliphatic hydroxyl groups is 1. The highest BCUT2D eigenvalue weighted by Crippen LogP contribution is 2.33. The maximum absolute atomic E-state index is 12.2. The van der Waals surface area contributed by atoms with E-state index in [2.05, 4.69) is 10.3 Å². The first kappa shape index (κ1) is 18.7. The Morgan fingerprint density at radius 1 is 1.23 bits per heavy atom. The first-order valence-corrected chi connectivity index (χ1v) is 9.61. The molecule has 140 valence electrons. The van der Waals surface area contributed by atoms with Gasteiger partial charge < -0.3 is 19.9 Å². The van der Waals surface area contributed by atoms with E-state index >= 15 is 0 Å². The number of carbonyl (C=O) groups is 1. The molecule has 0 spiro atoms. The minimum atomic E-state index is -0.217. The average Bonchev–Trinajstić information content (AvgIpc) is 3.11. The first-order valence-electron chi connectivity index (χ1n) is 8.73. The summed E-state index contributed by atoms with van der Waals surface area (Å²) in [6.45, 7) is 0. The summed E-state index contributed by atoms with van der Waals surface area (Å²) in [6.07, 6.45) is 3.23. The molecule has 0 unspecified atom stereocenters. The lowest BCUT2D eigenvalue weighted by atomic mass is 9.93. The number of nitrogens with zero attached hydrogens (tertiary/aromatic N) is 1. The Labute approximate surface area is 157 Å². The molecule has 1 amide bonds. The molecule has 26 heavy (non-hydrogen) atoms. The van der Waals surface area contributed by atoms with Crippen LogP contribution in [-0.2, 0) is 11.2 Å². The van der Waals surface area contributed by atoms with Gasteiger partial charge in [-0.05, 0) is 43.9 Å². The fourth-order valence-corrected chi connectivity index (χ4v) is 3.97. The zero-order valence-corrected chi connectivity index (χ0v) is 15.8. The van der Waals surface area contributed by atoms with Gasteiger partial charge in [0.15, 0.2) is 11.5 Å². The quantitative estimate of drug-likeness (QED) is 0.810. The van der Waals surface area contributed by atoms with Gasteiger partial charge in [-0.3, -0.25) is 4.79 Å². The van der Waals surface area contributed by atoms with E-state index in [1.165, 1.54) is 11.3 Å². The molecule has 1 aromatic carbocycles. The lowest BCUT2D eigenvalue weighted by Crippen LogP contribution is -2.39. The van der Waals surface area contributed by atoms with E-state index in [4.69, 9.17) is 9.47 Å². The van der Waals surface area contributed by atoms with Crippen molar-refractivity contribution in [1.82, 2.24) is 10.3 Å². The van der Waals surface area contributed by atoms with Crippen molar-refractivity contribution in [2.45, 2.75) is 44.2 Å². The van der Waals surface area contributed by atoms with Crippen LogP contribution in [0.1, 0.15) is 31.4 Å². The maximum atomic E-state index is 12.2. The highest BCUT2D eigenvalue weighted by atomic mass is 32.1. The summed E-state index contributed by atoms with van der Waals surface area (Å²) >= 11 is 1.50. The Morgan fingerprint density at radius 3 is 2.65 bits per heavy atom. The Kier molecular flexibility index (Phi) is 6.11. The van der Waals surface area contributed by atoms with Crippen LogP contribution >= 0.6 is 11.3 Å². The monoisotopic (exact) mass is 376 g/mol. The molecule has 1 saturated carbocycles. The highest BCUT2D eigenvalue weighted by molar-refractivity contribution is 7.13. The number of thiazole rings is 1. The van der Waals surface area contributed by atoms with E-state index in [1.807, 2.05) is 23.6 Å². The first-order chi connectivity index (χ1) is 12.6. The van der Waals surface area contributed by atoms with Crippen LogP contribution < -0.4 is 14.8 Å². The minimum Gasteiger partial charge on any atom is -0.493 e.